The first-order valence-electron chi connectivity index (χ1n) is 10.4. The summed E-state index contributed by atoms with van der Waals surface area (Å²) in [6.07, 6.45) is 2.23. The lowest BCUT2D eigenvalue weighted by Gasteiger charge is -2.26. The van der Waals surface area contributed by atoms with E-state index in [2.05, 4.69) is 17.5 Å². The molecule has 2 aromatic rings. The van der Waals surface area contributed by atoms with Gasteiger partial charge < -0.3 is 19.5 Å². The first-order chi connectivity index (χ1) is 15.2. The number of nitrogens with one attached hydrogen (secondary N) is 1. The molecule has 0 unspecified atom stereocenters. The zero-order valence-corrected chi connectivity index (χ0v) is 17.8. The normalized spacial score (nSPS) is 18.4. The minimum atomic E-state index is 0.0870. The number of hydrogen-bond acceptors (Lipinski definition) is 8. The molecule has 0 atom stereocenters. The van der Waals surface area contributed by atoms with Crippen LogP contribution in [-0.4, -0.2) is 49.3 Å². The van der Waals surface area contributed by atoms with Crippen LogP contribution in [-0.2, 0) is 9.47 Å². The minimum absolute atomic E-state index is 0.0870. The molecule has 1 saturated carbocycles. The number of thioether (sulfide) groups is 1. The molecule has 1 aromatic heterocycles. The van der Waals surface area contributed by atoms with Crippen LogP contribution in [0.1, 0.15) is 24.0 Å². The van der Waals surface area contributed by atoms with E-state index in [9.17, 15) is 10.5 Å². The van der Waals surface area contributed by atoms with Gasteiger partial charge in [0.05, 0.1) is 32.0 Å². The first-order valence-corrected chi connectivity index (χ1v) is 11.4. The molecule has 0 spiro atoms. The summed E-state index contributed by atoms with van der Waals surface area (Å²) in [7, 11) is 0. The van der Waals surface area contributed by atoms with Crippen LogP contribution in [0.5, 0.6) is 5.75 Å². The summed E-state index contributed by atoms with van der Waals surface area (Å²) in [6, 6.07) is 12.5. The van der Waals surface area contributed by atoms with Gasteiger partial charge >= 0.3 is 0 Å². The van der Waals surface area contributed by atoms with Crippen LogP contribution in [0.4, 0.5) is 5.82 Å². The number of rotatable bonds is 8. The summed E-state index contributed by atoms with van der Waals surface area (Å²) in [6.45, 7) is 2.70. The quantitative estimate of drug-likeness (QED) is 0.629. The van der Waals surface area contributed by atoms with Gasteiger partial charge in [0.15, 0.2) is 0 Å². The van der Waals surface area contributed by atoms with E-state index < -0.39 is 0 Å². The Morgan fingerprint density at radius 3 is 2.29 bits per heavy atom. The van der Waals surface area contributed by atoms with Crippen LogP contribution in [0, 0.1) is 28.6 Å². The highest BCUT2D eigenvalue weighted by atomic mass is 32.2. The zero-order valence-electron chi connectivity index (χ0n) is 17.0. The summed E-state index contributed by atoms with van der Waals surface area (Å²) in [5.74, 6) is 2.63. The number of aromatic nitrogens is 1. The zero-order chi connectivity index (χ0) is 21.2. The average Bonchev–Trinajstić information content (AvgIpc) is 3.53. The fraction of sp³-hybridized carbons (Fsp3) is 0.435. The Morgan fingerprint density at radius 1 is 1.03 bits per heavy atom. The molecular weight excluding hydrogens is 412 g/mol. The van der Waals surface area contributed by atoms with Crippen LogP contribution < -0.4 is 10.1 Å². The highest BCUT2D eigenvalue weighted by Gasteiger charge is 2.28. The molecule has 3 aliphatic rings. The fourth-order valence-corrected chi connectivity index (χ4v) is 4.48. The third kappa shape index (κ3) is 4.33. The molecule has 7 nitrogen and oxygen atoms in total. The second-order valence-electron chi connectivity index (χ2n) is 8.05. The predicted molar refractivity (Wildman–Crippen MR) is 116 cm³/mol. The molecule has 8 heteroatoms. The van der Waals surface area contributed by atoms with Crippen molar-refractivity contribution >= 4 is 17.6 Å². The molecule has 3 heterocycles. The molecule has 158 valence electrons. The van der Waals surface area contributed by atoms with E-state index in [-0.39, 0.29) is 6.10 Å². The largest absolute Gasteiger partial charge is 0.486 e. The van der Waals surface area contributed by atoms with Crippen molar-refractivity contribution in [2.75, 3.05) is 37.5 Å². The maximum atomic E-state index is 10.0. The molecule has 0 amide bonds. The van der Waals surface area contributed by atoms with Crippen molar-refractivity contribution < 1.29 is 14.2 Å². The Bertz CT molecular complexity index is 1050. The lowest BCUT2D eigenvalue weighted by molar-refractivity contribution is -0.0796. The maximum Gasteiger partial charge on any atom is 0.146 e. The van der Waals surface area contributed by atoms with Crippen molar-refractivity contribution in [2.24, 2.45) is 5.92 Å². The summed E-state index contributed by atoms with van der Waals surface area (Å²) in [4.78, 5) is 4.71. The molecule has 2 aliphatic heterocycles. The van der Waals surface area contributed by atoms with Gasteiger partial charge in [0.25, 0.3) is 0 Å². The summed E-state index contributed by atoms with van der Waals surface area (Å²) < 4.78 is 16.3. The lowest BCUT2D eigenvalue weighted by Crippen LogP contribution is -2.38. The van der Waals surface area contributed by atoms with Gasteiger partial charge in [-0.1, -0.05) is 12.1 Å². The third-order valence-electron chi connectivity index (χ3n) is 5.52. The van der Waals surface area contributed by atoms with Gasteiger partial charge in [0.2, 0.25) is 0 Å². The Balaban J connectivity index is 1.52. The van der Waals surface area contributed by atoms with E-state index in [1.54, 1.807) is 11.8 Å². The van der Waals surface area contributed by atoms with Gasteiger partial charge in [-0.05, 0) is 30.5 Å². The van der Waals surface area contributed by atoms with Crippen molar-refractivity contribution in [3.05, 3.63) is 35.4 Å². The standard InChI is InChI=1S/C23H22N4O3S/c24-7-19-21(15-1-5-17(6-2-15)30-18-11-29-12-18)20(8-25)23(31-13-14-9-28-10-14)27-22(19)26-16-3-4-16/h1-2,5-6,14,16,18H,3-4,9-13H2,(H,26,27). The SMILES string of the molecule is N#Cc1c(NC2CC2)nc(SCC2COC2)c(C#N)c1-c1ccc(OC2COC2)cc1. The van der Waals surface area contributed by atoms with Gasteiger partial charge in [0.1, 0.15) is 40.4 Å². The number of ether oxygens (including phenoxy) is 3. The van der Waals surface area contributed by atoms with Gasteiger partial charge in [-0.15, -0.1) is 11.8 Å². The van der Waals surface area contributed by atoms with E-state index in [4.69, 9.17) is 19.2 Å². The summed E-state index contributed by atoms with van der Waals surface area (Å²) >= 11 is 1.57. The molecule has 1 aliphatic carbocycles. The number of hydrogen-bond donors (Lipinski definition) is 1. The topological polar surface area (TPSA) is 100 Å². The molecule has 0 bridgehead atoms. The van der Waals surface area contributed by atoms with E-state index in [0.29, 0.717) is 52.7 Å². The molecule has 0 radical (unpaired) electrons. The number of benzene rings is 1. The molecular formula is C23H22N4O3S. The molecule has 1 aromatic carbocycles. The molecule has 2 saturated heterocycles. The van der Waals surface area contributed by atoms with Crippen molar-refractivity contribution in [3.8, 4) is 29.0 Å². The van der Waals surface area contributed by atoms with Gasteiger partial charge in [-0.3, -0.25) is 0 Å². The smallest absolute Gasteiger partial charge is 0.146 e. The van der Waals surface area contributed by atoms with Crippen LogP contribution in [0.2, 0.25) is 0 Å². The third-order valence-corrected chi connectivity index (χ3v) is 6.73. The Labute approximate surface area is 185 Å². The van der Waals surface area contributed by atoms with Crippen LogP contribution in [0.25, 0.3) is 11.1 Å². The van der Waals surface area contributed by atoms with Crippen LogP contribution in [0.15, 0.2) is 29.3 Å². The van der Waals surface area contributed by atoms with Crippen molar-refractivity contribution in [1.29, 1.82) is 10.5 Å². The van der Waals surface area contributed by atoms with Gasteiger partial charge in [-0.2, -0.15) is 10.5 Å². The highest BCUT2D eigenvalue weighted by Crippen LogP contribution is 2.39. The van der Waals surface area contributed by atoms with E-state index >= 15 is 0 Å². The first kappa shape index (κ1) is 20.1. The summed E-state index contributed by atoms with van der Waals surface area (Å²) in [5, 5.41) is 24.1. The Kier molecular flexibility index (Phi) is 5.69. The van der Waals surface area contributed by atoms with Crippen molar-refractivity contribution in [2.45, 2.75) is 30.0 Å². The lowest BCUT2D eigenvalue weighted by atomic mass is 9.96. The van der Waals surface area contributed by atoms with Crippen LogP contribution >= 0.6 is 11.8 Å². The summed E-state index contributed by atoms with van der Waals surface area (Å²) in [5.41, 5.74) is 2.31. The number of nitrogens with zero attached hydrogens (tertiary/aromatic N) is 3. The number of nitriles is 2. The van der Waals surface area contributed by atoms with E-state index in [1.165, 1.54) is 0 Å². The Morgan fingerprint density at radius 2 is 1.74 bits per heavy atom. The van der Waals surface area contributed by atoms with Gasteiger partial charge in [0, 0.05) is 23.3 Å². The molecule has 5 rings (SSSR count). The fourth-order valence-electron chi connectivity index (χ4n) is 3.45. The highest BCUT2D eigenvalue weighted by molar-refractivity contribution is 7.99. The number of anilines is 1. The van der Waals surface area contributed by atoms with Crippen LogP contribution in [0.3, 0.4) is 0 Å². The maximum absolute atomic E-state index is 10.0. The average molecular weight is 435 g/mol. The number of pyridine rings is 1. The second-order valence-corrected chi connectivity index (χ2v) is 9.06. The minimum Gasteiger partial charge on any atom is -0.486 e. The van der Waals surface area contributed by atoms with E-state index in [1.807, 2.05) is 24.3 Å². The molecule has 3 fully saturated rings. The Hall–Kier alpha value is -2.78. The second kappa shape index (κ2) is 8.76. The molecule has 1 N–H and O–H groups in total. The van der Waals surface area contributed by atoms with Crippen molar-refractivity contribution in [3.63, 3.8) is 0 Å². The molecule has 31 heavy (non-hydrogen) atoms. The van der Waals surface area contributed by atoms with Crippen molar-refractivity contribution in [1.82, 2.24) is 4.98 Å². The predicted octanol–water partition coefficient (Wildman–Crippen LogP) is 3.58. The van der Waals surface area contributed by atoms with Gasteiger partial charge in [-0.25, -0.2) is 4.98 Å². The monoisotopic (exact) mass is 434 g/mol. The van der Waals surface area contributed by atoms with E-state index in [0.717, 1.165) is 43.1 Å².